The molecule has 0 aromatic carbocycles. The molecule has 0 spiro atoms. The topological polar surface area (TPSA) is 26.7 Å². The lowest BCUT2D eigenvalue weighted by atomic mass is 9.84. The quantitative estimate of drug-likeness (QED) is 0.734. The van der Waals surface area contributed by atoms with Crippen LogP contribution in [-0.2, 0) is 0 Å². The Hall–Kier alpha value is -0.120. The summed E-state index contributed by atoms with van der Waals surface area (Å²) >= 11 is 0. The molecule has 0 heterocycles. The molecule has 0 aliphatic heterocycles. The fraction of sp³-hybridized carbons (Fsp3) is 1.00. The molecule has 0 radical (unpaired) electrons. The SMILES string of the molecule is CCN(CC)CCCN(CC)C1CC(C)CCC1O. The minimum Gasteiger partial charge on any atom is -0.391 e. The van der Waals surface area contributed by atoms with E-state index in [2.05, 4.69) is 37.5 Å². The Labute approximate surface area is 120 Å². The zero-order valence-corrected chi connectivity index (χ0v) is 13.4. The van der Waals surface area contributed by atoms with Gasteiger partial charge in [-0.3, -0.25) is 4.90 Å². The van der Waals surface area contributed by atoms with Crippen LogP contribution in [-0.4, -0.2) is 59.8 Å². The number of hydrogen-bond acceptors (Lipinski definition) is 3. The second kappa shape index (κ2) is 8.93. The fourth-order valence-electron chi connectivity index (χ4n) is 3.32. The number of rotatable bonds is 8. The average Bonchev–Trinajstić information content (AvgIpc) is 2.42. The lowest BCUT2D eigenvalue weighted by Crippen LogP contribution is -2.47. The van der Waals surface area contributed by atoms with Crippen molar-refractivity contribution in [2.75, 3.05) is 32.7 Å². The summed E-state index contributed by atoms with van der Waals surface area (Å²) in [5.41, 5.74) is 0. The second-order valence-electron chi connectivity index (χ2n) is 6.06. The van der Waals surface area contributed by atoms with Crippen LogP contribution in [0.2, 0.25) is 0 Å². The van der Waals surface area contributed by atoms with Gasteiger partial charge >= 0.3 is 0 Å². The zero-order chi connectivity index (χ0) is 14.3. The summed E-state index contributed by atoms with van der Waals surface area (Å²) in [4.78, 5) is 4.98. The summed E-state index contributed by atoms with van der Waals surface area (Å²) in [6.07, 6.45) is 4.45. The molecule has 0 bridgehead atoms. The van der Waals surface area contributed by atoms with Gasteiger partial charge in [0.2, 0.25) is 0 Å². The molecule has 1 aliphatic rings. The first kappa shape index (κ1) is 16.9. The summed E-state index contributed by atoms with van der Waals surface area (Å²) in [6.45, 7) is 14.7. The van der Waals surface area contributed by atoms with Crippen molar-refractivity contribution in [3.8, 4) is 0 Å². The van der Waals surface area contributed by atoms with E-state index in [4.69, 9.17) is 0 Å². The van der Waals surface area contributed by atoms with Crippen molar-refractivity contribution in [2.24, 2.45) is 5.92 Å². The highest BCUT2D eigenvalue weighted by molar-refractivity contribution is 4.85. The fourth-order valence-corrected chi connectivity index (χ4v) is 3.32. The van der Waals surface area contributed by atoms with E-state index in [9.17, 15) is 5.11 Å². The number of likely N-dealkylation sites (N-methyl/N-ethyl adjacent to an activating group) is 1. The molecule has 3 atom stereocenters. The molecular formula is C16H34N2O. The van der Waals surface area contributed by atoms with Crippen molar-refractivity contribution in [1.29, 1.82) is 0 Å². The molecule has 1 aliphatic carbocycles. The van der Waals surface area contributed by atoms with E-state index in [1.54, 1.807) is 0 Å². The van der Waals surface area contributed by atoms with Gasteiger partial charge in [0.15, 0.2) is 0 Å². The first-order chi connectivity index (χ1) is 9.12. The van der Waals surface area contributed by atoms with Crippen molar-refractivity contribution >= 4 is 0 Å². The second-order valence-corrected chi connectivity index (χ2v) is 6.06. The molecular weight excluding hydrogens is 236 g/mol. The van der Waals surface area contributed by atoms with Crippen LogP contribution in [0.1, 0.15) is 53.4 Å². The van der Waals surface area contributed by atoms with Crippen molar-refractivity contribution in [3.05, 3.63) is 0 Å². The summed E-state index contributed by atoms with van der Waals surface area (Å²) in [5.74, 6) is 0.769. The first-order valence-corrected chi connectivity index (χ1v) is 8.26. The minimum absolute atomic E-state index is 0.107. The van der Waals surface area contributed by atoms with Crippen LogP contribution < -0.4 is 0 Å². The molecule has 1 N–H and O–H groups in total. The molecule has 1 rings (SSSR count). The normalized spacial score (nSPS) is 28.3. The van der Waals surface area contributed by atoms with Crippen LogP contribution in [0.5, 0.6) is 0 Å². The standard InChI is InChI=1S/C16H34N2O/c1-5-17(6-2)11-8-12-18(7-3)15-13-14(4)9-10-16(15)19/h14-16,19H,5-13H2,1-4H3. The predicted molar refractivity (Wildman–Crippen MR) is 82.5 cm³/mol. The molecule has 19 heavy (non-hydrogen) atoms. The van der Waals surface area contributed by atoms with E-state index in [-0.39, 0.29) is 6.10 Å². The van der Waals surface area contributed by atoms with Crippen LogP contribution in [0, 0.1) is 5.92 Å². The van der Waals surface area contributed by atoms with E-state index in [0.29, 0.717) is 6.04 Å². The molecule has 0 saturated heterocycles. The summed E-state index contributed by atoms with van der Waals surface area (Å²) in [5, 5.41) is 10.2. The van der Waals surface area contributed by atoms with Gasteiger partial charge in [0.25, 0.3) is 0 Å². The largest absolute Gasteiger partial charge is 0.391 e. The minimum atomic E-state index is -0.107. The molecule has 0 amide bonds. The molecule has 1 saturated carbocycles. The third-order valence-corrected chi connectivity index (χ3v) is 4.73. The summed E-state index contributed by atoms with van der Waals surface area (Å²) < 4.78 is 0. The molecule has 0 aromatic rings. The molecule has 1 fully saturated rings. The van der Waals surface area contributed by atoms with Crippen molar-refractivity contribution in [2.45, 2.75) is 65.5 Å². The van der Waals surface area contributed by atoms with Gasteiger partial charge < -0.3 is 10.0 Å². The van der Waals surface area contributed by atoms with Gasteiger partial charge in [-0.25, -0.2) is 0 Å². The van der Waals surface area contributed by atoms with E-state index in [1.165, 1.54) is 25.8 Å². The van der Waals surface area contributed by atoms with E-state index in [0.717, 1.165) is 38.5 Å². The van der Waals surface area contributed by atoms with Crippen LogP contribution >= 0.6 is 0 Å². The Bertz CT molecular complexity index is 231. The van der Waals surface area contributed by atoms with Gasteiger partial charge in [-0.15, -0.1) is 0 Å². The third-order valence-electron chi connectivity index (χ3n) is 4.73. The Morgan fingerprint density at radius 2 is 1.68 bits per heavy atom. The lowest BCUT2D eigenvalue weighted by Gasteiger charge is -2.39. The number of aliphatic hydroxyl groups is 1. The Morgan fingerprint density at radius 1 is 1.00 bits per heavy atom. The molecule has 3 unspecified atom stereocenters. The first-order valence-electron chi connectivity index (χ1n) is 8.26. The Balaban J connectivity index is 2.39. The molecule has 114 valence electrons. The highest BCUT2D eigenvalue weighted by Crippen LogP contribution is 2.27. The zero-order valence-electron chi connectivity index (χ0n) is 13.4. The van der Waals surface area contributed by atoms with Crippen LogP contribution in [0.25, 0.3) is 0 Å². The number of nitrogens with zero attached hydrogens (tertiary/aromatic N) is 2. The van der Waals surface area contributed by atoms with Crippen LogP contribution in [0.15, 0.2) is 0 Å². The van der Waals surface area contributed by atoms with Crippen LogP contribution in [0.3, 0.4) is 0 Å². The maximum absolute atomic E-state index is 10.2. The molecule has 0 aromatic heterocycles. The lowest BCUT2D eigenvalue weighted by molar-refractivity contribution is 0.00645. The van der Waals surface area contributed by atoms with Crippen molar-refractivity contribution in [3.63, 3.8) is 0 Å². The summed E-state index contributed by atoms with van der Waals surface area (Å²) in [7, 11) is 0. The predicted octanol–water partition coefficient (Wildman–Crippen LogP) is 2.59. The van der Waals surface area contributed by atoms with Gasteiger partial charge in [0, 0.05) is 6.04 Å². The van der Waals surface area contributed by atoms with E-state index < -0.39 is 0 Å². The van der Waals surface area contributed by atoms with Gasteiger partial charge in [-0.05, 0) is 64.3 Å². The van der Waals surface area contributed by atoms with Gasteiger partial charge in [0.05, 0.1) is 6.10 Å². The summed E-state index contributed by atoms with van der Waals surface area (Å²) in [6, 6.07) is 0.394. The van der Waals surface area contributed by atoms with E-state index in [1.807, 2.05) is 0 Å². The van der Waals surface area contributed by atoms with Gasteiger partial charge in [-0.2, -0.15) is 0 Å². The van der Waals surface area contributed by atoms with Gasteiger partial charge in [-0.1, -0.05) is 27.7 Å². The molecule has 3 heteroatoms. The molecule has 3 nitrogen and oxygen atoms in total. The Kier molecular flexibility index (Phi) is 7.96. The highest BCUT2D eigenvalue weighted by atomic mass is 16.3. The third kappa shape index (κ3) is 5.41. The maximum atomic E-state index is 10.2. The van der Waals surface area contributed by atoms with Crippen molar-refractivity contribution in [1.82, 2.24) is 9.80 Å². The van der Waals surface area contributed by atoms with E-state index >= 15 is 0 Å². The average molecular weight is 270 g/mol. The van der Waals surface area contributed by atoms with Gasteiger partial charge in [0.1, 0.15) is 0 Å². The number of hydrogen-bond donors (Lipinski definition) is 1. The van der Waals surface area contributed by atoms with Crippen LogP contribution in [0.4, 0.5) is 0 Å². The smallest absolute Gasteiger partial charge is 0.0695 e. The highest BCUT2D eigenvalue weighted by Gasteiger charge is 2.30. The van der Waals surface area contributed by atoms with Crippen molar-refractivity contribution < 1.29 is 5.11 Å². The monoisotopic (exact) mass is 270 g/mol. The maximum Gasteiger partial charge on any atom is 0.0695 e. The number of aliphatic hydroxyl groups excluding tert-OH is 1. The Morgan fingerprint density at radius 3 is 2.26 bits per heavy atom.